The first kappa shape index (κ1) is 23.8. The van der Waals surface area contributed by atoms with Gasteiger partial charge in [0.25, 0.3) is 0 Å². The highest BCUT2D eigenvalue weighted by Gasteiger charge is 2.25. The fourth-order valence-corrected chi connectivity index (χ4v) is 3.14. The number of hydrogen-bond acceptors (Lipinski definition) is 4. The van der Waals surface area contributed by atoms with Gasteiger partial charge >= 0.3 is 0 Å². The number of nitrogens with one attached hydrogen (secondary N) is 2. The smallest absolute Gasteiger partial charge is 0.222 e. The molecular formula is C21H27FIN5O2. The molecule has 2 N–H and O–H groups in total. The van der Waals surface area contributed by atoms with Gasteiger partial charge in [0.1, 0.15) is 11.6 Å². The van der Waals surface area contributed by atoms with Crippen LogP contribution in [0.25, 0.3) is 0 Å². The highest BCUT2D eigenvalue weighted by atomic mass is 127. The molecule has 0 saturated carbocycles. The topological polar surface area (TPSA) is 78.9 Å². The maximum Gasteiger partial charge on any atom is 0.222 e. The Bertz CT molecular complexity index is 863. The minimum Gasteiger partial charge on any atom is -0.439 e. The predicted octanol–water partition coefficient (Wildman–Crippen LogP) is 3.31. The molecule has 1 aliphatic heterocycles. The van der Waals surface area contributed by atoms with Crippen molar-refractivity contribution in [1.29, 1.82) is 0 Å². The van der Waals surface area contributed by atoms with Gasteiger partial charge in [0.05, 0.1) is 0 Å². The maximum atomic E-state index is 13.0. The Labute approximate surface area is 193 Å². The summed E-state index contributed by atoms with van der Waals surface area (Å²) in [6.45, 7) is 3.88. The lowest BCUT2D eigenvalue weighted by atomic mass is 10.2. The Morgan fingerprint density at radius 1 is 1.33 bits per heavy atom. The summed E-state index contributed by atoms with van der Waals surface area (Å²) in [4.78, 5) is 22.2. The highest BCUT2D eigenvalue weighted by Crippen LogP contribution is 2.20. The molecule has 1 atom stereocenters. The number of hydrogen-bond donors (Lipinski definition) is 2. The number of carbonyl (C=O) groups excluding carboxylic acids is 1. The molecule has 0 aliphatic carbocycles. The molecule has 1 aliphatic rings. The van der Waals surface area contributed by atoms with Crippen LogP contribution in [0, 0.1) is 5.82 Å². The summed E-state index contributed by atoms with van der Waals surface area (Å²) in [6.07, 6.45) is 3.10. The van der Waals surface area contributed by atoms with Crippen LogP contribution in [0.5, 0.6) is 11.6 Å². The molecule has 3 rings (SSSR count). The third kappa shape index (κ3) is 6.82. The van der Waals surface area contributed by atoms with Crippen LogP contribution in [-0.4, -0.2) is 47.9 Å². The standard InChI is InChI=1S/C21H26FN5O2.HI/c1-3-20(28)27-11-9-17(14-27)26-21(23-2)25-13-15-8-10-24-19(12-15)29-18-6-4-16(22)5-7-18;/h4-8,10,12,17H,3,9,11,13-14H2,1-2H3,(H2,23,25,26);1H. The first-order valence-electron chi connectivity index (χ1n) is 9.70. The fraction of sp³-hybridized carbons (Fsp3) is 0.381. The van der Waals surface area contributed by atoms with Crippen LogP contribution in [0.1, 0.15) is 25.3 Å². The molecule has 1 amide bonds. The van der Waals surface area contributed by atoms with E-state index in [1.165, 1.54) is 12.1 Å². The Hall–Kier alpha value is -2.43. The van der Waals surface area contributed by atoms with E-state index in [0.717, 1.165) is 18.5 Å². The van der Waals surface area contributed by atoms with E-state index in [4.69, 9.17) is 4.74 Å². The highest BCUT2D eigenvalue weighted by molar-refractivity contribution is 14.0. The molecule has 162 valence electrons. The maximum absolute atomic E-state index is 13.0. The second kappa shape index (κ2) is 11.7. The Morgan fingerprint density at radius 3 is 2.80 bits per heavy atom. The van der Waals surface area contributed by atoms with Gasteiger partial charge in [-0.25, -0.2) is 9.37 Å². The van der Waals surface area contributed by atoms with Crippen LogP contribution in [0.2, 0.25) is 0 Å². The quantitative estimate of drug-likeness (QED) is 0.343. The van der Waals surface area contributed by atoms with E-state index in [2.05, 4.69) is 20.6 Å². The SMILES string of the molecule is CCC(=O)N1CCC(NC(=NC)NCc2ccnc(Oc3ccc(F)cc3)c2)C1.I. The zero-order valence-electron chi connectivity index (χ0n) is 17.1. The summed E-state index contributed by atoms with van der Waals surface area (Å²) in [6, 6.07) is 9.69. The number of benzene rings is 1. The summed E-state index contributed by atoms with van der Waals surface area (Å²) >= 11 is 0. The number of rotatable bonds is 6. The number of guanidine groups is 1. The first-order valence-corrected chi connectivity index (χ1v) is 9.70. The fourth-order valence-electron chi connectivity index (χ4n) is 3.14. The third-order valence-corrected chi connectivity index (χ3v) is 4.70. The molecule has 0 bridgehead atoms. The first-order chi connectivity index (χ1) is 14.1. The molecule has 7 nitrogen and oxygen atoms in total. The molecule has 0 radical (unpaired) electrons. The number of carbonyl (C=O) groups is 1. The Balaban J connectivity index is 0.00000320. The van der Waals surface area contributed by atoms with Crippen molar-refractivity contribution in [2.24, 2.45) is 4.99 Å². The van der Waals surface area contributed by atoms with Crippen molar-refractivity contribution >= 4 is 35.8 Å². The lowest BCUT2D eigenvalue weighted by molar-refractivity contribution is -0.129. The molecule has 1 saturated heterocycles. The third-order valence-electron chi connectivity index (χ3n) is 4.70. The molecule has 9 heteroatoms. The van der Waals surface area contributed by atoms with Gasteiger partial charge in [-0.15, -0.1) is 24.0 Å². The summed E-state index contributed by atoms with van der Waals surface area (Å²) in [7, 11) is 1.72. The monoisotopic (exact) mass is 527 g/mol. The van der Waals surface area contributed by atoms with Gasteiger partial charge in [-0.05, 0) is 42.3 Å². The van der Waals surface area contributed by atoms with E-state index in [9.17, 15) is 9.18 Å². The van der Waals surface area contributed by atoms with Crippen molar-refractivity contribution in [3.63, 3.8) is 0 Å². The lowest BCUT2D eigenvalue weighted by Gasteiger charge is -2.18. The van der Waals surface area contributed by atoms with Gasteiger partial charge in [-0.3, -0.25) is 9.79 Å². The minimum absolute atomic E-state index is 0. The van der Waals surface area contributed by atoms with Crippen molar-refractivity contribution in [3.05, 3.63) is 54.0 Å². The number of halogens is 2. The van der Waals surface area contributed by atoms with Crippen LogP contribution < -0.4 is 15.4 Å². The lowest BCUT2D eigenvalue weighted by Crippen LogP contribution is -2.44. The van der Waals surface area contributed by atoms with Gasteiger partial charge in [0.15, 0.2) is 5.96 Å². The zero-order valence-corrected chi connectivity index (χ0v) is 19.4. The second-order valence-electron chi connectivity index (χ2n) is 6.81. The van der Waals surface area contributed by atoms with Gasteiger partial charge in [0, 0.05) is 51.4 Å². The summed E-state index contributed by atoms with van der Waals surface area (Å²) in [5.41, 5.74) is 0.967. The van der Waals surface area contributed by atoms with Gasteiger partial charge in [-0.1, -0.05) is 6.92 Å². The minimum atomic E-state index is -0.313. The summed E-state index contributed by atoms with van der Waals surface area (Å²) < 4.78 is 18.7. The average molecular weight is 527 g/mol. The zero-order chi connectivity index (χ0) is 20.6. The van der Waals surface area contributed by atoms with E-state index >= 15 is 0 Å². The van der Waals surface area contributed by atoms with E-state index in [0.29, 0.717) is 37.1 Å². The number of pyridine rings is 1. The van der Waals surface area contributed by atoms with Crippen molar-refractivity contribution in [2.45, 2.75) is 32.4 Å². The molecule has 30 heavy (non-hydrogen) atoms. The van der Waals surface area contributed by atoms with Gasteiger partial charge in [0.2, 0.25) is 11.8 Å². The van der Waals surface area contributed by atoms with Crippen LogP contribution >= 0.6 is 24.0 Å². The molecule has 0 spiro atoms. The average Bonchev–Trinajstić information content (AvgIpc) is 3.21. The van der Waals surface area contributed by atoms with Crippen LogP contribution in [-0.2, 0) is 11.3 Å². The predicted molar refractivity (Wildman–Crippen MR) is 125 cm³/mol. The van der Waals surface area contributed by atoms with E-state index in [-0.39, 0.29) is 41.7 Å². The van der Waals surface area contributed by atoms with Crippen molar-refractivity contribution in [2.75, 3.05) is 20.1 Å². The van der Waals surface area contributed by atoms with Crippen LogP contribution in [0.3, 0.4) is 0 Å². The van der Waals surface area contributed by atoms with E-state index in [1.807, 2.05) is 24.0 Å². The van der Waals surface area contributed by atoms with Crippen molar-refractivity contribution in [3.8, 4) is 11.6 Å². The molecule has 1 unspecified atom stereocenters. The second-order valence-corrected chi connectivity index (χ2v) is 6.81. The van der Waals surface area contributed by atoms with Crippen molar-refractivity contribution < 1.29 is 13.9 Å². The number of likely N-dealkylation sites (tertiary alicyclic amines) is 1. The molecular weight excluding hydrogens is 500 g/mol. The largest absolute Gasteiger partial charge is 0.439 e. The number of aromatic nitrogens is 1. The Kier molecular flexibility index (Phi) is 9.28. The van der Waals surface area contributed by atoms with Gasteiger partial charge in [-0.2, -0.15) is 0 Å². The number of aliphatic imine (C=N–C) groups is 1. The summed E-state index contributed by atoms with van der Waals surface area (Å²) in [5.74, 6) is 1.50. The van der Waals surface area contributed by atoms with E-state index in [1.54, 1.807) is 25.4 Å². The number of ether oxygens (including phenoxy) is 1. The van der Waals surface area contributed by atoms with Crippen molar-refractivity contribution in [1.82, 2.24) is 20.5 Å². The Morgan fingerprint density at radius 2 is 2.10 bits per heavy atom. The number of nitrogens with zero attached hydrogens (tertiary/aromatic N) is 3. The van der Waals surface area contributed by atoms with Crippen LogP contribution in [0.4, 0.5) is 4.39 Å². The molecule has 1 aromatic heterocycles. The molecule has 2 aromatic rings. The summed E-state index contributed by atoms with van der Waals surface area (Å²) in [5, 5.41) is 6.64. The molecule has 1 aromatic carbocycles. The normalized spacial score (nSPS) is 16.0. The van der Waals surface area contributed by atoms with Gasteiger partial charge < -0.3 is 20.3 Å². The molecule has 1 fully saturated rings. The van der Waals surface area contributed by atoms with Crippen LogP contribution in [0.15, 0.2) is 47.6 Å². The number of amides is 1. The van der Waals surface area contributed by atoms with E-state index < -0.39 is 0 Å². The molecule has 2 heterocycles.